The van der Waals surface area contributed by atoms with Gasteiger partial charge in [-0.05, 0) is 38.3 Å². The summed E-state index contributed by atoms with van der Waals surface area (Å²) in [5.41, 5.74) is -0.702. The van der Waals surface area contributed by atoms with Crippen LogP contribution in [-0.2, 0) is 19.6 Å². The molecule has 0 aliphatic carbocycles. The van der Waals surface area contributed by atoms with Crippen molar-refractivity contribution in [1.82, 2.24) is 15.1 Å². The molecule has 0 aromatic carbocycles. The normalized spacial score (nSPS) is 18.3. The minimum absolute atomic E-state index is 0.0980. The monoisotopic (exact) mass is 281 g/mol. The summed E-state index contributed by atoms with van der Waals surface area (Å²) in [6, 6.07) is 0. The molecule has 1 fully saturated rings. The largest absolute Gasteiger partial charge is 0.435 e. The van der Waals surface area contributed by atoms with E-state index in [0.29, 0.717) is 6.42 Å². The third-order valence-electron chi connectivity index (χ3n) is 3.29. The van der Waals surface area contributed by atoms with Crippen molar-refractivity contribution in [2.45, 2.75) is 25.4 Å². The van der Waals surface area contributed by atoms with Crippen molar-refractivity contribution in [1.29, 1.82) is 0 Å². The molecule has 7 heteroatoms. The van der Waals surface area contributed by atoms with Crippen molar-refractivity contribution >= 4 is 11.6 Å². The number of alkyl halides is 3. The predicted molar refractivity (Wildman–Crippen MR) is 62.5 cm³/mol. The van der Waals surface area contributed by atoms with Gasteiger partial charge in [-0.15, -0.1) is 0 Å². The fourth-order valence-corrected chi connectivity index (χ4v) is 2.53. The fourth-order valence-electron chi connectivity index (χ4n) is 2.33. The topological polar surface area (TPSA) is 29.9 Å². The highest BCUT2D eigenvalue weighted by Gasteiger charge is 2.39. The first-order chi connectivity index (χ1) is 8.39. The van der Waals surface area contributed by atoms with Gasteiger partial charge in [0.1, 0.15) is 5.15 Å². The van der Waals surface area contributed by atoms with Gasteiger partial charge < -0.3 is 5.32 Å². The second-order valence-electron chi connectivity index (χ2n) is 4.64. The zero-order valence-corrected chi connectivity index (χ0v) is 10.8. The summed E-state index contributed by atoms with van der Waals surface area (Å²) in [5, 5.41) is 6.78. The molecule has 1 N–H and O–H groups in total. The van der Waals surface area contributed by atoms with Crippen molar-refractivity contribution in [3.05, 3.63) is 16.4 Å². The summed E-state index contributed by atoms with van der Waals surface area (Å²) in [7, 11) is 1.43. The van der Waals surface area contributed by atoms with Crippen LogP contribution >= 0.6 is 11.6 Å². The first-order valence-electron chi connectivity index (χ1n) is 5.89. The summed E-state index contributed by atoms with van der Waals surface area (Å²) in [6.45, 7) is 1.70. The molecule has 1 saturated heterocycles. The molecule has 0 atom stereocenters. The van der Waals surface area contributed by atoms with Crippen LogP contribution in [0, 0.1) is 5.92 Å². The molecule has 102 valence electrons. The lowest BCUT2D eigenvalue weighted by Crippen LogP contribution is -2.29. The summed E-state index contributed by atoms with van der Waals surface area (Å²) in [4.78, 5) is 0. The summed E-state index contributed by atoms with van der Waals surface area (Å²) in [5.74, 6) is 0.244. The Morgan fingerprint density at radius 2 is 2.00 bits per heavy atom. The van der Waals surface area contributed by atoms with Gasteiger partial charge in [0.2, 0.25) is 0 Å². The molecule has 0 radical (unpaired) electrons. The van der Waals surface area contributed by atoms with Crippen molar-refractivity contribution < 1.29 is 13.2 Å². The van der Waals surface area contributed by atoms with Crippen molar-refractivity contribution in [3.8, 4) is 0 Å². The molecule has 1 aromatic heterocycles. The molecule has 2 heterocycles. The number of nitrogens with zero attached hydrogens (tertiary/aromatic N) is 2. The van der Waals surface area contributed by atoms with E-state index in [0.717, 1.165) is 30.6 Å². The van der Waals surface area contributed by atoms with Crippen LogP contribution in [0.15, 0.2) is 0 Å². The molecule has 1 aliphatic heterocycles. The summed E-state index contributed by atoms with van der Waals surface area (Å²) >= 11 is 5.92. The number of aromatic nitrogens is 2. The van der Waals surface area contributed by atoms with Gasteiger partial charge in [0, 0.05) is 12.6 Å². The first kappa shape index (κ1) is 13.7. The van der Waals surface area contributed by atoms with E-state index in [-0.39, 0.29) is 16.6 Å². The Morgan fingerprint density at radius 3 is 2.56 bits per heavy atom. The zero-order valence-electron chi connectivity index (χ0n) is 10.0. The molecule has 18 heavy (non-hydrogen) atoms. The number of hydrogen-bond donors (Lipinski definition) is 1. The molecule has 2 rings (SSSR count). The van der Waals surface area contributed by atoms with Crippen LogP contribution in [0.4, 0.5) is 13.2 Å². The van der Waals surface area contributed by atoms with E-state index in [4.69, 9.17) is 11.6 Å². The predicted octanol–water partition coefficient (Wildman–Crippen LogP) is 2.63. The molecule has 3 nitrogen and oxygen atoms in total. The molecule has 0 saturated carbocycles. The molecular formula is C11H15ClF3N3. The van der Waals surface area contributed by atoms with Gasteiger partial charge in [-0.25, -0.2) is 0 Å². The lowest BCUT2D eigenvalue weighted by Gasteiger charge is -2.22. The highest BCUT2D eigenvalue weighted by atomic mass is 35.5. The van der Waals surface area contributed by atoms with Crippen molar-refractivity contribution in [2.24, 2.45) is 13.0 Å². The lowest BCUT2D eigenvalue weighted by molar-refractivity contribution is -0.142. The number of rotatable bonds is 2. The van der Waals surface area contributed by atoms with Crippen LogP contribution < -0.4 is 5.32 Å². The average molecular weight is 282 g/mol. The van der Waals surface area contributed by atoms with Crippen LogP contribution in [0.5, 0.6) is 0 Å². The fraction of sp³-hybridized carbons (Fsp3) is 0.727. The summed E-state index contributed by atoms with van der Waals surface area (Å²) in [6.07, 6.45) is -2.33. The van der Waals surface area contributed by atoms with Crippen molar-refractivity contribution in [2.75, 3.05) is 13.1 Å². The van der Waals surface area contributed by atoms with E-state index >= 15 is 0 Å². The van der Waals surface area contributed by atoms with Crippen LogP contribution in [0.3, 0.4) is 0 Å². The minimum Gasteiger partial charge on any atom is -0.317 e. The number of piperidine rings is 1. The molecular weight excluding hydrogens is 267 g/mol. The third-order valence-corrected chi connectivity index (χ3v) is 3.76. The lowest BCUT2D eigenvalue weighted by atomic mass is 9.91. The van der Waals surface area contributed by atoms with Crippen molar-refractivity contribution in [3.63, 3.8) is 0 Å². The summed E-state index contributed by atoms with van der Waals surface area (Å²) < 4.78 is 39.6. The quantitative estimate of drug-likeness (QED) is 0.903. The number of aryl methyl sites for hydroxylation is 1. The van der Waals surface area contributed by atoms with Crippen LogP contribution in [0.25, 0.3) is 0 Å². The van der Waals surface area contributed by atoms with Gasteiger partial charge in [-0.1, -0.05) is 11.6 Å². The van der Waals surface area contributed by atoms with E-state index in [9.17, 15) is 13.2 Å². The Bertz CT molecular complexity index is 422. The van der Waals surface area contributed by atoms with E-state index in [1.165, 1.54) is 7.05 Å². The standard InChI is InChI=1S/C11H15ClF3N3/c1-18-10(12)8(9(17-18)11(13,14)15)6-7-2-4-16-5-3-7/h7,16H,2-6H2,1H3. The van der Waals surface area contributed by atoms with Gasteiger partial charge in [0.15, 0.2) is 5.69 Å². The Kier molecular flexibility index (Phi) is 3.87. The Balaban J connectivity index is 2.25. The van der Waals surface area contributed by atoms with Gasteiger partial charge >= 0.3 is 6.18 Å². The molecule has 1 aliphatic rings. The maximum atomic E-state index is 12.8. The molecule has 0 amide bonds. The van der Waals surface area contributed by atoms with Crippen LogP contribution in [0.2, 0.25) is 5.15 Å². The van der Waals surface area contributed by atoms with E-state index < -0.39 is 11.9 Å². The molecule has 0 unspecified atom stereocenters. The van der Waals surface area contributed by atoms with Gasteiger partial charge in [0.25, 0.3) is 0 Å². The van der Waals surface area contributed by atoms with Gasteiger partial charge in [-0.3, -0.25) is 4.68 Å². The second kappa shape index (κ2) is 5.09. The molecule has 0 spiro atoms. The van der Waals surface area contributed by atoms with E-state index in [1.807, 2.05) is 0 Å². The average Bonchev–Trinajstić information content (AvgIpc) is 2.58. The van der Waals surface area contributed by atoms with E-state index in [2.05, 4.69) is 10.4 Å². The smallest absolute Gasteiger partial charge is 0.317 e. The Morgan fingerprint density at radius 1 is 1.39 bits per heavy atom. The zero-order chi connectivity index (χ0) is 13.3. The number of hydrogen-bond acceptors (Lipinski definition) is 2. The third kappa shape index (κ3) is 2.80. The van der Waals surface area contributed by atoms with Crippen LogP contribution in [0.1, 0.15) is 24.1 Å². The SMILES string of the molecule is Cn1nc(C(F)(F)F)c(CC2CCNCC2)c1Cl. The second-order valence-corrected chi connectivity index (χ2v) is 4.99. The van der Waals surface area contributed by atoms with Gasteiger partial charge in [-0.2, -0.15) is 18.3 Å². The maximum absolute atomic E-state index is 12.8. The number of nitrogens with one attached hydrogen (secondary N) is 1. The number of halogens is 4. The highest BCUT2D eigenvalue weighted by Crippen LogP contribution is 2.36. The maximum Gasteiger partial charge on any atom is 0.435 e. The Hall–Kier alpha value is -0.750. The minimum atomic E-state index is -4.44. The molecule has 1 aromatic rings. The van der Waals surface area contributed by atoms with E-state index in [1.54, 1.807) is 0 Å². The van der Waals surface area contributed by atoms with Gasteiger partial charge in [0.05, 0.1) is 0 Å². The Labute approximate surface area is 108 Å². The molecule has 0 bridgehead atoms. The first-order valence-corrected chi connectivity index (χ1v) is 6.26. The highest BCUT2D eigenvalue weighted by molar-refractivity contribution is 6.30. The van der Waals surface area contributed by atoms with Crippen LogP contribution in [-0.4, -0.2) is 22.9 Å².